The number of hydrogen-bond donors (Lipinski definition) is 0. The summed E-state index contributed by atoms with van der Waals surface area (Å²) < 4.78 is 21.4. The molecule has 2 rings (SSSR count). The number of esters is 1. The normalized spacial score (nSPS) is 32.1. The topological polar surface area (TPSA) is 71.1 Å². The SMILES string of the molecule is COC1CCCCC1OC(=O)OC1CCCCC1OC(C)=O. The zero-order valence-corrected chi connectivity index (χ0v) is 13.4. The lowest BCUT2D eigenvalue weighted by Gasteiger charge is -2.32. The summed E-state index contributed by atoms with van der Waals surface area (Å²) in [5.41, 5.74) is 0. The summed E-state index contributed by atoms with van der Waals surface area (Å²) in [4.78, 5) is 23.2. The van der Waals surface area contributed by atoms with Crippen molar-refractivity contribution in [1.82, 2.24) is 0 Å². The lowest BCUT2D eigenvalue weighted by Crippen LogP contribution is -2.40. The fourth-order valence-corrected chi connectivity index (χ4v) is 3.29. The predicted molar refractivity (Wildman–Crippen MR) is 78.4 cm³/mol. The number of rotatable bonds is 4. The highest BCUT2D eigenvalue weighted by molar-refractivity contribution is 5.66. The highest BCUT2D eigenvalue weighted by Gasteiger charge is 2.34. The molecule has 0 saturated heterocycles. The number of ether oxygens (including phenoxy) is 4. The van der Waals surface area contributed by atoms with Gasteiger partial charge in [0, 0.05) is 14.0 Å². The van der Waals surface area contributed by atoms with Gasteiger partial charge in [0.15, 0.2) is 0 Å². The van der Waals surface area contributed by atoms with E-state index in [9.17, 15) is 9.59 Å². The Morgan fingerprint density at radius 2 is 1.14 bits per heavy atom. The van der Waals surface area contributed by atoms with Gasteiger partial charge in [-0.3, -0.25) is 4.79 Å². The van der Waals surface area contributed by atoms with Crippen LogP contribution in [0.4, 0.5) is 4.79 Å². The largest absolute Gasteiger partial charge is 0.509 e. The van der Waals surface area contributed by atoms with Crippen molar-refractivity contribution in [3.63, 3.8) is 0 Å². The predicted octanol–water partition coefficient (Wildman–Crippen LogP) is 2.97. The average molecular weight is 314 g/mol. The highest BCUT2D eigenvalue weighted by Crippen LogP contribution is 2.27. The first-order valence-corrected chi connectivity index (χ1v) is 8.17. The van der Waals surface area contributed by atoms with Crippen molar-refractivity contribution >= 4 is 12.1 Å². The zero-order chi connectivity index (χ0) is 15.9. The van der Waals surface area contributed by atoms with E-state index in [0.717, 1.165) is 44.9 Å². The minimum atomic E-state index is -0.682. The van der Waals surface area contributed by atoms with E-state index in [0.29, 0.717) is 6.42 Å². The molecule has 2 fully saturated rings. The number of carbonyl (C=O) groups is 2. The van der Waals surface area contributed by atoms with Gasteiger partial charge in [-0.2, -0.15) is 0 Å². The second-order valence-electron chi connectivity index (χ2n) is 6.05. The molecule has 6 nitrogen and oxygen atoms in total. The van der Waals surface area contributed by atoms with Crippen molar-refractivity contribution in [1.29, 1.82) is 0 Å². The van der Waals surface area contributed by atoms with Gasteiger partial charge in [-0.1, -0.05) is 6.42 Å². The van der Waals surface area contributed by atoms with E-state index in [2.05, 4.69) is 0 Å². The van der Waals surface area contributed by atoms with Crippen LogP contribution in [0.25, 0.3) is 0 Å². The van der Waals surface area contributed by atoms with E-state index >= 15 is 0 Å². The third-order valence-corrected chi connectivity index (χ3v) is 4.40. The van der Waals surface area contributed by atoms with Gasteiger partial charge in [-0.15, -0.1) is 0 Å². The molecular weight excluding hydrogens is 288 g/mol. The van der Waals surface area contributed by atoms with Gasteiger partial charge in [0.2, 0.25) is 0 Å². The molecule has 0 aromatic rings. The maximum absolute atomic E-state index is 12.0. The molecule has 126 valence electrons. The number of hydrogen-bond acceptors (Lipinski definition) is 6. The Bertz CT molecular complexity index is 383. The summed E-state index contributed by atoms with van der Waals surface area (Å²) in [6, 6.07) is 0. The molecule has 0 aromatic carbocycles. The fourth-order valence-electron chi connectivity index (χ4n) is 3.29. The van der Waals surface area contributed by atoms with Crippen LogP contribution < -0.4 is 0 Å². The Hall–Kier alpha value is -1.30. The summed E-state index contributed by atoms with van der Waals surface area (Å²) in [6.07, 6.45) is 5.41. The highest BCUT2D eigenvalue weighted by atomic mass is 16.7. The Morgan fingerprint density at radius 3 is 1.59 bits per heavy atom. The molecule has 2 saturated carbocycles. The van der Waals surface area contributed by atoms with Crippen LogP contribution in [-0.2, 0) is 23.7 Å². The lowest BCUT2D eigenvalue weighted by molar-refractivity contribution is -0.157. The van der Waals surface area contributed by atoms with Crippen LogP contribution in [0.5, 0.6) is 0 Å². The van der Waals surface area contributed by atoms with Gasteiger partial charge in [-0.05, 0) is 44.9 Å². The van der Waals surface area contributed by atoms with E-state index in [1.54, 1.807) is 7.11 Å². The van der Waals surface area contributed by atoms with E-state index in [1.165, 1.54) is 6.92 Å². The molecule has 0 aromatic heterocycles. The summed E-state index contributed by atoms with van der Waals surface area (Å²) in [6.45, 7) is 1.37. The molecular formula is C16H26O6. The molecule has 4 atom stereocenters. The quantitative estimate of drug-likeness (QED) is 0.743. The first kappa shape index (κ1) is 17.1. The van der Waals surface area contributed by atoms with Gasteiger partial charge in [0.1, 0.15) is 18.3 Å². The van der Waals surface area contributed by atoms with Crippen LogP contribution in [0.3, 0.4) is 0 Å². The van der Waals surface area contributed by atoms with Gasteiger partial charge in [0.25, 0.3) is 0 Å². The summed E-state index contributed by atoms with van der Waals surface area (Å²) in [5.74, 6) is -0.347. The fraction of sp³-hybridized carbons (Fsp3) is 0.875. The molecule has 0 amide bonds. The molecule has 2 aliphatic carbocycles. The van der Waals surface area contributed by atoms with Crippen molar-refractivity contribution in [2.45, 2.75) is 82.7 Å². The van der Waals surface area contributed by atoms with E-state index in [1.807, 2.05) is 0 Å². The van der Waals surface area contributed by atoms with Crippen LogP contribution in [0, 0.1) is 0 Å². The molecule has 0 bridgehead atoms. The van der Waals surface area contributed by atoms with Crippen molar-refractivity contribution in [2.24, 2.45) is 0 Å². The molecule has 4 unspecified atom stereocenters. The summed E-state index contributed by atoms with van der Waals surface area (Å²) in [7, 11) is 1.63. The minimum Gasteiger partial charge on any atom is -0.459 e. The Kier molecular flexibility index (Phi) is 6.49. The Morgan fingerprint density at radius 1 is 0.727 bits per heavy atom. The third kappa shape index (κ3) is 4.87. The van der Waals surface area contributed by atoms with Crippen molar-refractivity contribution in [3.8, 4) is 0 Å². The Labute approximate surface area is 131 Å². The Balaban J connectivity index is 1.85. The number of methoxy groups -OCH3 is 1. The van der Waals surface area contributed by atoms with Crippen LogP contribution >= 0.6 is 0 Å². The molecule has 22 heavy (non-hydrogen) atoms. The lowest BCUT2D eigenvalue weighted by atomic mass is 9.94. The molecule has 0 spiro atoms. The standard InChI is InChI=1S/C16H26O6/c1-11(17)20-14-9-5-6-10-15(14)22-16(18)21-13-8-4-3-7-12(13)19-2/h12-15H,3-10H2,1-2H3. The molecule has 0 radical (unpaired) electrons. The van der Waals surface area contributed by atoms with Gasteiger partial charge < -0.3 is 18.9 Å². The van der Waals surface area contributed by atoms with Crippen molar-refractivity contribution in [3.05, 3.63) is 0 Å². The molecule has 6 heteroatoms. The second kappa shape index (κ2) is 8.36. The van der Waals surface area contributed by atoms with Gasteiger partial charge in [0.05, 0.1) is 6.10 Å². The second-order valence-corrected chi connectivity index (χ2v) is 6.05. The zero-order valence-electron chi connectivity index (χ0n) is 13.4. The molecule has 2 aliphatic rings. The van der Waals surface area contributed by atoms with Gasteiger partial charge in [-0.25, -0.2) is 4.79 Å². The van der Waals surface area contributed by atoms with E-state index < -0.39 is 12.3 Å². The van der Waals surface area contributed by atoms with Crippen LogP contribution in [0.2, 0.25) is 0 Å². The minimum absolute atomic E-state index is 0.0584. The van der Waals surface area contributed by atoms with Crippen LogP contribution in [0.1, 0.15) is 58.3 Å². The first-order chi connectivity index (χ1) is 10.6. The molecule has 0 aliphatic heterocycles. The third-order valence-electron chi connectivity index (χ3n) is 4.40. The van der Waals surface area contributed by atoms with Crippen molar-refractivity contribution in [2.75, 3.05) is 7.11 Å². The average Bonchev–Trinajstić information content (AvgIpc) is 2.49. The maximum atomic E-state index is 12.0. The maximum Gasteiger partial charge on any atom is 0.509 e. The molecule has 0 heterocycles. The van der Waals surface area contributed by atoms with E-state index in [4.69, 9.17) is 18.9 Å². The van der Waals surface area contributed by atoms with Crippen LogP contribution in [0.15, 0.2) is 0 Å². The van der Waals surface area contributed by atoms with Crippen molar-refractivity contribution < 1.29 is 28.5 Å². The first-order valence-electron chi connectivity index (χ1n) is 8.17. The van der Waals surface area contributed by atoms with Crippen LogP contribution in [-0.4, -0.2) is 43.7 Å². The number of carbonyl (C=O) groups excluding carboxylic acids is 2. The summed E-state index contributed by atoms with van der Waals surface area (Å²) in [5, 5.41) is 0. The van der Waals surface area contributed by atoms with E-state index in [-0.39, 0.29) is 24.3 Å². The smallest absolute Gasteiger partial charge is 0.459 e. The van der Waals surface area contributed by atoms with Gasteiger partial charge >= 0.3 is 12.1 Å². The monoisotopic (exact) mass is 314 g/mol. The molecule has 0 N–H and O–H groups in total. The summed E-state index contributed by atoms with van der Waals surface area (Å²) >= 11 is 0.